The van der Waals surface area contributed by atoms with Crippen LogP contribution in [0.1, 0.15) is 10.5 Å². The van der Waals surface area contributed by atoms with E-state index in [1.165, 1.54) is 0 Å². The van der Waals surface area contributed by atoms with Crippen LogP contribution >= 0.6 is 15.9 Å². The molecule has 0 saturated carbocycles. The van der Waals surface area contributed by atoms with Gasteiger partial charge in [-0.1, -0.05) is 22.0 Å². The Bertz CT molecular complexity index is 832. The molecule has 0 unspecified atom stereocenters. The average Bonchev–Trinajstić information content (AvgIpc) is 2.56. The molecule has 0 bridgehead atoms. The van der Waals surface area contributed by atoms with Gasteiger partial charge < -0.3 is 10.1 Å². The maximum atomic E-state index is 12.3. The Morgan fingerprint density at radius 1 is 1.09 bits per heavy atom. The average molecular weight is 357 g/mol. The first kappa shape index (κ1) is 14.5. The summed E-state index contributed by atoms with van der Waals surface area (Å²) in [5, 5.41) is 3.76. The maximum Gasteiger partial charge on any atom is 0.274 e. The van der Waals surface area contributed by atoms with Crippen molar-refractivity contribution in [2.24, 2.45) is 0 Å². The number of methoxy groups -OCH3 is 1. The summed E-state index contributed by atoms with van der Waals surface area (Å²) in [6.07, 6.45) is 0. The molecule has 1 aromatic heterocycles. The van der Waals surface area contributed by atoms with Crippen molar-refractivity contribution in [3.8, 4) is 5.75 Å². The van der Waals surface area contributed by atoms with Crippen molar-refractivity contribution in [3.05, 3.63) is 64.8 Å². The van der Waals surface area contributed by atoms with E-state index in [4.69, 9.17) is 4.74 Å². The second kappa shape index (κ2) is 6.15. The van der Waals surface area contributed by atoms with E-state index in [2.05, 4.69) is 26.2 Å². The van der Waals surface area contributed by atoms with E-state index in [1.807, 2.05) is 48.5 Å². The van der Waals surface area contributed by atoms with Crippen LogP contribution < -0.4 is 10.1 Å². The third-order valence-corrected chi connectivity index (χ3v) is 3.76. The van der Waals surface area contributed by atoms with Crippen LogP contribution in [0.3, 0.4) is 0 Å². The molecule has 0 fully saturated rings. The summed E-state index contributed by atoms with van der Waals surface area (Å²) in [7, 11) is 1.62. The van der Waals surface area contributed by atoms with Gasteiger partial charge in [-0.2, -0.15) is 0 Å². The number of amides is 1. The largest absolute Gasteiger partial charge is 0.497 e. The molecule has 2 aromatic carbocycles. The van der Waals surface area contributed by atoms with Crippen molar-refractivity contribution in [2.75, 3.05) is 12.4 Å². The molecule has 0 atom stereocenters. The predicted octanol–water partition coefficient (Wildman–Crippen LogP) is 4.26. The van der Waals surface area contributed by atoms with Gasteiger partial charge in [0.1, 0.15) is 11.4 Å². The molecule has 0 saturated heterocycles. The second-order valence-electron chi connectivity index (χ2n) is 4.72. The van der Waals surface area contributed by atoms with Crippen LogP contribution in [0.4, 0.5) is 5.69 Å². The van der Waals surface area contributed by atoms with Gasteiger partial charge in [0.25, 0.3) is 5.91 Å². The summed E-state index contributed by atoms with van der Waals surface area (Å²) >= 11 is 3.36. The number of anilines is 1. The first-order chi connectivity index (χ1) is 10.7. The quantitative estimate of drug-likeness (QED) is 0.762. The van der Waals surface area contributed by atoms with Gasteiger partial charge in [0.05, 0.1) is 12.6 Å². The van der Waals surface area contributed by atoms with Crippen molar-refractivity contribution >= 4 is 38.4 Å². The minimum Gasteiger partial charge on any atom is -0.497 e. The number of carbonyl (C=O) groups is 1. The fourth-order valence-corrected chi connectivity index (χ4v) is 2.35. The molecule has 1 amide bonds. The van der Waals surface area contributed by atoms with Gasteiger partial charge in [0, 0.05) is 15.5 Å². The first-order valence-electron chi connectivity index (χ1n) is 6.67. The molecular weight excluding hydrogens is 344 g/mol. The highest BCUT2D eigenvalue weighted by atomic mass is 79.9. The summed E-state index contributed by atoms with van der Waals surface area (Å²) < 4.78 is 6.14. The molecule has 5 heteroatoms. The fourth-order valence-electron chi connectivity index (χ4n) is 2.09. The molecule has 0 aliphatic rings. The van der Waals surface area contributed by atoms with Gasteiger partial charge >= 0.3 is 0 Å². The topological polar surface area (TPSA) is 51.2 Å². The number of halogens is 1. The van der Waals surface area contributed by atoms with E-state index in [9.17, 15) is 4.79 Å². The molecule has 0 radical (unpaired) electrons. The zero-order valence-electron chi connectivity index (χ0n) is 11.8. The summed E-state index contributed by atoms with van der Waals surface area (Å²) in [6, 6.07) is 16.5. The lowest BCUT2D eigenvalue weighted by atomic mass is 10.2. The summed E-state index contributed by atoms with van der Waals surface area (Å²) in [6.45, 7) is 0. The number of ether oxygens (including phenoxy) is 1. The minimum absolute atomic E-state index is 0.236. The van der Waals surface area contributed by atoms with Gasteiger partial charge in [-0.15, -0.1) is 0 Å². The van der Waals surface area contributed by atoms with Crippen LogP contribution in [0.2, 0.25) is 0 Å². The molecule has 0 spiro atoms. The Kier molecular flexibility index (Phi) is 4.06. The highest BCUT2D eigenvalue weighted by molar-refractivity contribution is 9.10. The highest BCUT2D eigenvalue weighted by Gasteiger charge is 2.09. The number of hydrogen-bond donors (Lipinski definition) is 1. The van der Waals surface area contributed by atoms with E-state index in [1.54, 1.807) is 13.2 Å². The minimum atomic E-state index is -0.236. The number of hydrogen-bond acceptors (Lipinski definition) is 3. The number of benzene rings is 2. The molecule has 22 heavy (non-hydrogen) atoms. The van der Waals surface area contributed by atoms with Gasteiger partial charge in [0.15, 0.2) is 0 Å². The van der Waals surface area contributed by atoms with Gasteiger partial charge in [-0.3, -0.25) is 4.79 Å². The molecule has 1 heterocycles. The third kappa shape index (κ3) is 3.09. The Labute approximate surface area is 136 Å². The van der Waals surface area contributed by atoms with Crippen molar-refractivity contribution in [3.63, 3.8) is 0 Å². The van der Waals surface area contributed by atoms with Gasteiger partial charge in [-0.05, 0) is 48.5 Å². The molecule has 1 N–H and O–H groups in total. The molecular formula is C17H13BrN2O2. The van der Waals surface area contributed by atoms with E-state index in [0.29, 0.717) is 5.69 Å². The Morgan fingerprint density at radius 3 is 2.59 bits per heavy atom. The van der Waals surface area contributed by atoms with Crippen molar-refractivity contribution in [1.29, 1.82) is 0 Å². The van der Waals surface area contributed by atoms with E-state index in [-0.39, 0.29) is 5.91 Å². The number of carbonyl (C=O) groups excluding carboxylic acids is 1. The van der Waals surface area contributed by atoms with Crippen LogP contribution in [-0.4, -0.2) is 18.0 Å². The SMILES string of the molecule is COc1ccc2nc(C(=O)Nc3ccc(Br)cc3)ccc2c1. The van der Waals surface area contributed by atoms with E-state index < -0.39 is 0 Å². The van der Waals surface area contributed by atoms with Crippen LogP contribution in [0, 0.1) is 0 Å². The number of fused-ring (bicyclic) bond motifs is 1. The Balaban J connectivity index is 1.86. The normalized spacial score (nSPS) is 10.5. The molecule has 4 nitrogen and oxygen atoms in total. The highest BCUT2D eigenvalue weighted by Crippen LogP contribution is 2.20. The lowest BCUT2D eigenvalue weighted by Crippen LogP contribution is -2.13. The third-order valence-electron chi connectivity index (χ3n) is 3.23. The van der Waals surface area contributed by atoms with Crippen molar-refractivity contribution < 1.29 is 9.53 Å². The number of nitrogens with one attached hydrogen (secondary N) is 1. The van der Waals surface area contributed by atoms with Crippen LogP contribution in [0.25, 0.3) is 10.9 Å². The van der Waals surface area contributed by atoms with E-state index in [0.717, 1.165) is 26.8 Å². The molecule has 0 aliphatic heterocycles. The molecule has 110 valence electrons. The lowest BCUT2D eigenvalue weighted by molar-refractivity contribution is 0.102. The number of nitrogens with zero attached hydrogens (tertiary/aromatic N) is 1. The lowest BCUT2D eigenvalue weighted by Gasteiger charge is -2.06. The summed E-state index contributed by atoms with van der Waals surface area (Å²) in [5.74, 6) is 0.529. The van der Waals surface area contributed by atoms with Gasteiger partial charge in [-0.25, -0.2) is 4.98 Å². The zero-order chi connectivity index (χ0) is 15.5. The summed E-state index contributed by atoms with van der Waals surface area (Å²) in [5.41, 5.74) is 1.86. The molecule has 3 aromatic rings. The fraction of sp³-hybridized carbons (Fsp3) is 0.0588. The van der Waals surface area contributed by atoms with Crippen LogP contribution in [-0.2, 0) is 0 Å². The van der Waals surface area contributed by atoms with Crippen LogP contribution in [0.15, 0.2) is 59.1 Å². The number of pyridine rings is 1. The Hall–Kier alpha value is -2.40. The summed E-state index contributed by atoms with van der Waals surface area (Å²) in [4.78, 5) is 16.6. The van der Waals surface area contributed by atoms with Crippen molar-refractivity contribution in [1.82, 2.24) is 4.98 Å². The number of aromatic nitrogens is 1. The second-order valence-corrected chi connectivity index (χ2v) is 5.63. The maximum absolute atomic E-state index is 12.3. The zero-order valence-corrected chi connectivity index (χ0v) is 13.4. The van der Waals surface area contributed by atoms with Crippen molar-refractivity contribution in [2.45, 2.75) is 0 Å². The Morgan fingerprint density at radius 2 is 1.86 bits per heavy atom. The van der Waals surface area contributed by atoms with Gasteiger partial charge in [0.2, 0.25) is 0 Å². The first-order valence-corrected chi connectivity index (χ1v) is 7.47. The smallest absolute Gasteiger partial charge is 0.274 e. The molecule has 0 aliphatic carbocycles. The standard InChI is InChI=1S/C17H13BrN2O2/c1-22-14-7-9-15-11(10-14)2-8-16(20-15)17(21)19-13-5-3-12(18)4-6-13/h2-10H,1H3,(H,19,21). The van der Waals surface area contributed by atoms with Crippen LogP contribution in [0.5, 0.6) is 5.75 Å². The monoisotopic (exact) mass is 356 g/mol. The predicted molar refractivity (Wildman–Crippen MR) is 90.4 cm³/mol. The van der Waals surface area contributed by atoms with E-state index >= 15 is 0 Å². The molecule has 3 rings (SSSR count). The number of rotatable bonds is 3.